The fourth-order valence-corrected chi connectivity index (χ4v) is 1.67. The molecule has 60 valence electrons. The molecule has 0 aliphatic carbocycles. The van der Waals surface area contributed by atoms with Gasteiger partial charge in [-0.1, -0.05) is 20.3 Å². The average molecular weight is 161 g/mol. The SMILES string of the molecule is CCCC(SCC)C(=O)[O-]. The van der Waals surface area contributed by atoms with Gasteiger partial charge in [0.05, 0.1) is 5.97 Å². The molecule has 0 bridgehead atoms. The van der Waals surface area contributed by atoms with E-state index < -0.39 is 5.97 Å². The largest absolute Gasteiger partial charge is 0.549 e. The van der Waals surface area contributed by atoms with Crippen LogP contribution in [0, 0.1) is 0 Å². The highest BCUT2D eigenvalue weighted by molar-refractivity contribution is 8.00. The first-order valence-corrected chi connectivity index (χ1v) is 4.59. The van der Waals surface area contributed by atoms with Crippen LogP contribution < -0.4 is 5.11 Å². The van der Waals surface area contributed by atoms with Crippen LogP contribution in [0.5, 0.6) is 0 Å². The molecule has 0 saturated carbocycles. The van der Waals surface area contributed by atoms with Crippen LogP contribution in [0.4, 0.5) is 0 Å². The summed E-state index contributed by atoms with van der Waals surface area (Å²) in [5, 5.41) is 10.1. The van der Waals surface area contributed by atoms with Gasteiger partial charge in [0.25, 0.3) is 0 Å². The molecule has 0 heterocycles. The van der Waals surface area contributed by atoms with Crippen molar-refractivity contribution >= 4 is 17.7 Å². The predicted molar refractivity (Wildman–Crippen MR) is 41.8 cm³/mol. The van der Waals surface area contributed by atoms with Gasteiger partial charge in [-0.25, -0.2) is 0 Å². The van der Waals surface area contributed by atoms with Gasteiger partial charge in [-0.15, -0.1) is 0 Å². The van der Waals surface area contributed by atoms with Crippen LogP contribution in [0.25, 0.3) is 0 Å². The van der Waals surface area contributed by atoms with Crippen molar-refractivity contribution < 1.29 is 9.90 Å². The first-order chi connectivity index (χ1) is 4.72. The van der Waals surface area contributed by atoms with Crippen LogP contribution in [0.1, 0.15) is 26.7 Å². The van der Waals surface area contributed by atoms with Crippen molar-refractivity contribution in [2.24, 2.45) is 0 Å². The van der Waals surface area contributed by atoms with E-state index in [2.05, 4.69) is 0 Å². The Labute approximate surface area is 66.0 Å². The Bertz CT molecular complexity index is 97.8. The van der Waals surface area contributed by atoms with E-state index in [9.17, 15) is 9.90 Å². The van der Waals surface area contributed by atoms with Gasteiger partial charge in [0, 0.05) is 5.25 Å². The van der Waals surface area contributed by atoms with Gasteiger partial charge < -0.3 is 9.90 Å². The summed E-state index contributed by atoms with van der Waals surface area (Å²) in [6.07, 6.45) is 1.63. The smallest absolute Gasteiger partial charge is 0.0544 e. The van der Waals surface area contributed by atoms with E-state index in [1.54, 1.807) is 0 Å². The summed E-state index contributed by atoms with van der Waals surface area (Å²) in [6, 6.07) is 0. The monoisotopic (exact) mass is 161 g/mol. The minimum absolute atomic E-state index is 0.296. The molecule has 0 saturated heterocycles. The van der Waals surface area contributed by atoms with Crippen LogP contribution in [-0.4, -0.2) is 17.0 Å². The number of carboxylic acid groups (broad SMARTS) is 1. The van der Waals surface area contributed by atoms with Crippen molar-refractivity contribution in [3.05, 3.63) is 0 Å². The molecule has 0 aromatic rings. The lowest BCUT2D eigenvalue weighted by molar-refractivity contribution is -0.304. The number of carboxylic acids is 1. The number of thioether (sulfide) groups is 1. The lowest BCUT2D eigenvalue weighted by Gasteiger charge is -2.14. The Balaban J connectivity index is 3.61. The predicted octanol–water partition coefficient (Wildman–Crippen LogP) is 0.658. The maximum absolute atomic E-state index is 10.3. The minimum atomic E-state index is -0.922. The van der Waals surface area contributed by atoms with E-state index in [1.165, 1.54) is 11.8 Å². The molecule has 0 aliphatic rings. The van der Waals surface area contributed by atoms with Crippen LogP contribution in [0.15, 0.2) is 0 Å². The molecule has 0 amide bonds. The molecule has 0 aliphatic heterocycles. The van der Waals surface area contributed by atoms with E-state index in [0.29, 0.717) is 0 Å². The van der Waals surface area contributed by atoms with Crippen LogP contribution >= 0.6 is 11.8 Å². The molecule has 1 atom stereocenters. The molecule has 0 rings (SSSR count). The Kier molecular flexibility index (Phi) is 5.49. The quantitative estimate of drug-likeness (QED) is 0.594. The number of carbonyl (C=O) groups is 1. The molecule has 2 nitrogen and oxygen atoms in total. The first kappa shape index (κ1) is 9.82. The number of hydrogen-bond donors (Lipinski definition) is 0. The van der Waals surface area contributed by atoms with E-state index in [1.807, 2.05) is 13.8 Å². The highest BCUT2D eigenvalue weighted by Crippen LogP contribution is 2.14. The lowest BCUT2D eigenvalue weighted by atomic mass is 10.2. The van der Waals surface area contributed by atoms with Gasteiger partial charge in [-0.3, -0.25) is 0 Å². The Morgan fingerprint density at radius 2 is 2.20 bits per heavy atom. The third kappa shape index (κ3) is 3.77. The summed E-state index contributed by atoms with van der Waals surface area (Å²) < 4.78 is 0. The average Bonchev–Trinajstić information content (AvgIpc) is 1.87. The van der Waals surface area contributed by atoms with Crippen molar-refractivity contribution in [2.45, 2.75) is 31.9 Å². The van der Waals surface area contributed by atoms with E-state index in [0.717, 1.165) is 18.6 Å². The van der Waals surface area contributed by atoms with Crippen molar-refractivity contribution in [1.82, 2.24) is 0 Å². The summed E-state index contributed by atoms with van der Waals surface area (Å²) in [7, 11) is 0. The zero-order chi connectivity index (χ0) is 7.98. The molecule has 0 fully saturated rings. The van der Waals surface area contributed by atoms with Gasteiger partial charge in [-0.2, -0.15) is 11.8 Å². The molecular formula is C7H13O2S-. The van der Waals surface area contributed by atoms with Crippen LogP contribution in [0.3, 0.4) is 0 Å². The van der Waals surface area contributed by atoms with Crippen molar-refractivity contribution in [1.29, 1.82) is 0 Å². The van der Waals surface area contributed by atoms with Crippen LogP contribution in [-0.2, 0) is 4.79 Å². The summed E-state index contributed by atoms with van der Waals surface area (Å²) in [5.41, 5.74) is 0. The Hall–Kier alpha value is -0.180. The number of aliphatic carboxylic acids is 1. The molecule has 3 heteroatoms. The second kappa shape index (κ2) is 5.59. The fourth-order valence-electron chi connectivity index (χ4n) is 0.733. The highest BCUT2D eigenvalue weighted by Gasteiger charge is 2.06. The van der Waals surface area contributed by atoms with E-state index >= 15 is 0 Å². The molecule has 0 aromatic carbocycles. The van der Waals surface area contributed by atoms with E-state index in [-0.39, 0.29) is 5.25 Å². The highest BCUT2D eigenvalue weighted by atomic mass is 32.2. The summed E-state index contributed by atoms with van der Waals surface area (Å²) >= 11 is 1.45. The summed E-state index contributed by atoms with van der Waals surface area (Å²) in [5.74, 6) is -0.0766. The third-order valence-corrected chi connectivity index (χ3v) is 2.35. The second-order valence-corrected chi connectivity index (χ2v) is 3.53. The maximum atomic E-state index is 10.3. The standard InChI is InChI=1S/C7H14O2S/c1-3-5-6(7(8)9)10-4-2/h6H,3-5H2,1-2H3,(H,8,9)/p-1. The number of carbonyl (C=O) groups excluding carboxylic acids is 1. The fraction of sp³-hybridized carbons (Fsp3) is 0.857. The zero-order valence-corrected chi connectivity index (χ0v) is 7.24. The third-order valence-electron chi connectivity index (χ3n) is 1.18. The molecule has 0 radical (unpaired) electrons. The lowest BCUT2D eigenvalue weighted by Crippen LogP contribution is -2.33. The minimum Gasteiger partial charge on any atom is -0.549 e. The molecule has 1 unspecified atom stereocenters. The van der Waals surface area contributed by atoms with E-state index in [4.69, 9.17) is 0 Å². The molecular weight excluding hydrogens is 148 g/mol. The van der Waals surface area contributed by atoms with Crippen LogP contribution in [0.2, 0.25) is 0 Å². The summed E-state index contributed by atoms with van der Waals surface area (Å²) in [6.45, 7) is 3.93. The second-order valence-electron chi connectivity index (χ2n) is 2.05. The summed E-state index contributed by atoms with van der Waals surface area (Å²) in [4.78, 5) is 10.3. The van der Waals surface area contributed by atoms with Gasteiger partial charge in [0.15, 0.2) is 0 Å². The maximum Gasteiger partial charge on any atom is 0.0544 e. The zero-order valence-electron chi connectivity index (χ0n) is 6.42. The first-order valence-electron chi connectivity index (χ1n) is 3.54. The van der Waals surface area contributed by atoms with Gasteiger partial charge in [-0.05, 0) is 12.2 Å². The van der Waals surface area contributed by atoms with Gasteiger partial charge >= 0.3 is 0 Å². The molecule has 10 heavy (non-hydrogen) atoms. The Morgan fingerprint density at radius 3 is 2.50 bits per heavy atom. The van der Waals surface area contributed by atoms with Gasteiger partial charge in [0.1, 0.15) is 0 Å². The van der Waals surface area contributed by atoms with Crippen molar-refractivity contribution in [3.63, 3.8) is 0 Å². The normalized spacial score (nSPS) is 13.0. The molecule has 0 N–H and O–H groups in total. The number of rotatable bonds is 5. The van der Waals surface area contributed by atoms with Gasteiger partial charge in [0.2, 0.25) is 0 Å². The van der Waals surface area contributed by atoms with Crippen molar-refractivity contribution in [2.75, 3.05) is 5.75 Å². The number of hydrogen-bond acceptors (Lipinski definition) is 3. The Morgan fingerprint density at radius 1 is 1.60 bits per heavy atom. The molecule has 0 spiro atoms. The van der Waals surface area contributed by atoms with Crippen molar-refractivity contribution in [3.8, 4) is 0 Å². The topological polar surface area (TPSA) is 40.1 Å². The molecule has 0 aromatic heterocycles.